The number of carboxylic acid groups (broad SMARTS) is 2. The topological polar surface area (TPSA) is 74.6 Å². The van der Waals surface area contributed by atoms with Crippen LogP contribution in [0.2, 0.25) is 0 Å². The standard InChI is InChI=1S/C8H10O4.C2H6/c9-7(10)5-3-1-2-4-6(5)8(11)12;1-2/h1-2,5-6H,3-4H2,(H,9,10)(H,11,12);1-2H3. The maximum atomic E-state index is 10.6. The van der Waals surface area contributed by atoms with Crippen molar-refractivity contribution in [2.24, 2.45) is 11.8 Å². The summed E-state index contributed by atoms with van der Waals surface area (Å²) < 4.78 is 0. The fraction of sp³-hybridized carbons (Fsp3) is 0.600. The molecule has 0 saturated carbocycles. The van der Waals surface area contributed by atoms with E-state index < -0.39 is 23.8 Å². The van der Waals surface area contributed by atoms with Crippen LogP contribution in [-0.2, 0) is 9.59 Å². The molecule has 0 heterocycles. The van der Waals surface area contributed by atoms with Gasteiger partial charge in [-0.2, -0.15) is 0 Å². The van der Waals surface area contributed by atoms with Gasteiger partial charge in [0.1, 0.15) is 0 Å². The molecular formula is C10H16O4. The Labute approximate surface area is 83.2 Å². The summed E-state index contributed by atoms with van der Waals surface area (Å²) in [5, 5.41) is 17.3. The lowest BCUT2D eigenvalue weighted by Crippen LogP contribution is -2.30. The van der Waals surface area contributed by atoms with Crippen molar-refractivity contribution in [3.63, 3.8) is 0 Å². The van der Waals surface area contributed by atoms with Crippen molar-refractivity contribution in [1.82, 2.24) is 0 Å². The van der Waals surface area contributed by atoms with E-state index in [0.29, 0.717) is 12.8 Å². The zero-order chi connectivity index (χ0) is 11.1. The third-order valence-corrected chi connectivity index (χ3v) is 2.07. The maximum Gasteiger partial charge on any atom is 0.307 e. The number of aliphatic carboxylic acids is 2. The SMILES string of the molecule is CC.O=C(O)C1CC=CCC1C(=O)O. The first-order valence-electron chi connectivity index (χ1n) is 4.73. The summed E-state index contributed by atoms with van der Waals surface area (Å²) in [6.07, 6.45) is 4.09. The molecule has 1 aliphatic rings. The first-order chi connectivity index (χ1) is 6.63. The summed E-state index contributed by atoms with van der Waals surface area (Å²) in [6, 6.07) is 0. The number of hydrogen-bond acceptors (Lipinski definition) is 2. The molecule has 2 N–H and O–H groups in total. The Balaban J connectivity index is 0.000000791. The van der Waals surface area contributed by atoms with E-state index in [-0.39, 0.29) is 0 Å². The number of allylic oxidation sites excluding steroid dienone is 2. The van der Waals surface area contributed by atoms with E-state index in [1.807, 2.05) is 13.8 Å². The highest BCUT2D eigenvalue weighted by molar-refractivity contribution is 5.80. The van der Waals surface area contributed by atoms with Gasteiger partial charge in [-0.15, -0.1) is 0 Å². The zero-order valence-electron chi connectivity index (χ0n) is 8.43. The van der Waals surface area contributed by atoms with Gasteiger partial charge in [0.25, 0.3) is 0 Å². The molecule has 0 aromatic rings. The van der Waals surface area contributed by atoms with Gasteiger partial charge in [-0.05, 0) is 12.8 Å². The minimum atomic E-state index is -1.02. The van der Waals surface area contributed by atoms with Crippen LogP contribution in [-0.4, -0.2) is 22.2 Å². The Morgan fingerprint density at radius 1 is 1.00 bits per heavy atom. The molecule has 0 aliphatic heterocycles. The average molecular weight is 200 g/mol. The second-order valence-electron chi connectivity index (χ2n) is 2.83. The molecule has 0 bridgehead atoms. The van der Waals surface area contributed by atoms with Gasteiger partial charge in [0, 0.05) is 0 Å². The van der Waals surface area contributed by atoms with Gasteiger partial charge in [-0.3, -0.25) is 9.59 Å². The molecule has 0 aromatic carbocycles. The number of carbonyl (C=O) groups is 2. The van der Waals surface area contributed by atoms with Crippen molar-refractivity contribution >= 4 is 11.9 Å². The summed E-state index contributed by atoms with van der Waals surface area (Å²) >= 11 is 0. The van der Waals surface area contributed by atoms with Crippen molar-refractivity contribution in [2.75, 3.05) is 0 Å². The highest BCUT2D eigenvalue weighted by Gasteiger charge is 2.33. The first kappa shape index (κ1) is 12.7. The summed E-state index contributed by atoms with van der Waals surface area (Å²) in [7, 11) is 0. The van der Waals surface area contributed by atoms with Gasteiger partial charge >= 0.3 is 11.9 Å². The molecule has 1 rings (SSSR count). The molecule has 0 saturated heterocycles. The lowest BCUT2D eigenvalue weighted by Gasteiger charge is -2.20. The summed E-state index contributed by atoms with van der Waals surface area (Å²) in [6.45, 7) is 4.00. The van der Waals surface area contributed by atoms with Gasteiger partial charge in [-0.1, -0.05) is 26.0 Å². The molecule has 80 valence electrons. The number of hydrogen-bond donors (Lipinski definition) is 2. The minimum absolute atomic E-state index is 0.326. The predicted molar refractivity (Wildman–Crippen MR) is 52.0 cm³/mol. The Morgan fingerprint density at radius 2 is 1.29 bits per heavy atom. The summed E-state index contributed by atoms with van der Waals surface area (Å²) in [5.41, 5.74) is 0. The predicted octanol–water partition coefficient (Wildman–Crippen LogP) is 1.76. The lowest BCUT2D eigenvalue weighted by molar-refractivity contribution is -0.153. The van der Waals surface area contributed by atoms with Crippen molar-refractivity contribution in [1.29, 1.82) is 0 Å². The molecule has 14 heavy (non-hydrogen) atoms. The molecule has 2 unspecified atom stereocenters. The van der Waals surface area contributed by atoms with Crippen molar-refractivity contribution in [3.05, 3.63) is 12.2 Å². The average Bonchev–Trinajstić information content (AvgIpc) is 2.20. The van der Waals surface area contributed by atoms with E-state index in [4.69, 9.17) is 10.2 Å². The van der Waals surface area contributed by atoms with Gasteiger partial charge in [0.2, 0.25) is 0 Å². The fourth-order valence-corrected chi connectivity index (χ4v) is 1.36. The van der Waals surface area contributed by atoms with Crippen LogP contribution in [0.5, 0.6) is 0 Å². The van der Waals surface area contributed by atoms with Crippen LogP contribution in [0.3, 0.4) is 0 Å². The van der Waals surface area contributed by atoms with E-state index in [2.05, 4.69) is 0 Å². The molecule has 0 spiro atoms. The maximum absolute atomic E-state index is 10.6. The van der Waals surface area contributed by atoms with Gasteiger partial charge in [-0.25, -0.2) is 0 Å². The third kappa shape index (κ3) is 3.20. The van der Waals surface area contributed by atoms with E-state index in [1.165, 1.54) is 0 Å². The van der Waals surface area contributed by atoms with Crippen LogP contribution in [0, 0.1) is 11.8 Å². The smallest absolute Gasteiger partial charge is 0.307 e. The molecular weight excluding hydrogens is 184 g/mol. The summed E-state index contributed by atoms with van der Waals surface area (Å²) in [4.78, 5) is 21.1. The molecule has 2 atom stereocenters. The van der Waals surface area contributed by atoms with E-state index >= 15 is 0 Å². The Kier molecular flexibility index (Phi) is 5.60. The molecule has 4 heteroatoms. The lowest BCUT2D eigenvalue weighted by atomic mass is 9.83. The van der Waals surface area contributed by atoms with Crippen LogP contribution in [0.4, 0.5) is 0 Å². The molecule has 0 fully saturated rings. The van der Waals surface area contributed by atoms with Crippen LogP contribution >= 0.6 is 0 Å². The van der Waals surface area contributed by atoms with E-state index in [1.54, 1.807) is 12.2 Å². The monoisotopic (exact) mass is 200 g/mol. The van der Waals surface area contributed by atoms with E-state index in [9.17, 15) is 9.59 Å². The molecule has 0 aromatic heterocycles. The van der Waals surface area contributed by atoms with Crippen LogP contribution in [0.15, 0.2) is 12.2 Å². The van der Waals surface area contributed by atoms with Gasteiger partial charge in [0.05, 0.1) is 11.8 Å². The van der Waals surface area contributed by atoms with Crippen molar-refractivity contribution < 1.29 is 19.8 Å². The first-order valence-corrected chi connectivity index (χ1v) is 4.73. The summed E-state index contributed by atoms with van der Waals surface area (Å²) in [5.74, 6) is -3.56. The minimum Gasteiger partial charge on any atom is -0.481 e. The highest BCUT2D eigenvalue weighted by Crippen LogP contribution is 2.25. The quantitative estimate of drug-likeness (QED) is 0.666. The fourth-order valence-electron chi connectivity index (χ4n) is 1.36. The van der Waals surface area contributed by atoms with Crippen molar-refractivity contribution in [3.8, 4) is 0 Å². The van der Waals surface area contributed by atoms with Gasteiger partial charge < -0.3 is 10.2 Å². The Hall–Kier alpha value is -1.32. The Bertz CT molecular complexity index is 208. The molecule has 0 amide bonds. The molecule has 1 aliphatic carbocycles. The second-order valence-corrected chi connectivity index (χ2v) is 2.83. The van der Waals surface area contributed by atoms with Crippen LogP contribution < -0.4 is 0 Å². The molecule has 0 radical (unpaired) electrons. The highest BCUT2D eigenvalue weighted by atomic mass is 16.4. The Morgan fingerprint density at radius 3 is 1.50 bits per heavy atom. The zero-order valence-corrected chi connectivity index (χ0v) is 8.43. The largest absolute Gasteiger partial charge is 0.481 e. The van der Waals surface area contributed by atoms with Gasteiger partial charge in [0.15, 0.2) is 0 Å². The second kappa shape index (κ2) is 6.18. The van der Waals surface area contributed by atoms with Crippen molar-refractivity contribution in [2.45, 2.75) is 26.7 Å². The normalized spacial score (nSPS) is 24.7. The van der Waals surface area contributed by atoms with E-state index in [0.717, 1.165) is 0 Å². The molecule has 4 nitrogen and oxygen atoms in total. The number of carboxylic acids is 2. The van der Waals surface area contributed by atoms with Crippen LogP contribution in [0.25, 0.3) is 0 Å². The third-order valence-electron chi connectivity index (χ3n) is 2.07. The van der Waals surface area contributed by atoms with Crippen LogP contribution in [0.1, 0.15) is 26.7 Å². The number of rotatable bonds is 2.